The number of aliphatic carboxylic acids is 1. The van der Waals surface area contributed by atoms with Gasteiger partial charge in [0.05, 0.1) is 12.6 Å². The fraction of sp³-hybridized carbons (Fsp3) is 0.706. The number of rotatable bonds is 12. The molecule has 11 N–H and O–H groups in total. The number of carboxylic acids is 1. The van der Waals surface area contributed by atoms with E-state index in [0.717, 1.165) is 25.3 Å². The third kappa shape index (κ3) is 10.3. The zero-order chi connectivity index (χ0) is 22.7. The number of aliphatic hydroxyl groups excluding tert-OH is 2. The molecule has 5 atom stereocenters. The second kappa shape index (κ2) is 15.6. The number of nitrogens with one attached hydrogen (secondary N) is 2. The molecule has 0 saturated heterocycles. The SMILES string of the molecule is [Ac].[NH-]C1C(N=C(N)N)C=C(C(=O)O)OC1C(OC(=O)NCCCCCCN)C(O)CO. The molecule has 0 aliphatic carbocycles. The topological polar surface area (TPSA) is 240 Å². The van der Waals surface area contributed by atoms with Crippen molar-refractivity contribution in [1.82, 2.24) is 5.32 Å². The number of nitrogens with two attached hydrogens (primary N) is 3. The Kier molecular flexibility index (Phi) is 15.0. The Morgan fingerprint density at radius 3 is 2.48 bits per heavy atom. The summed E-state index contributed by atoms with van der Waals surface area (Å²) in [6, 6.07) is -2.45. The minimum absolute atomic E-state index is 0. The van der Waals surface area contributed by atoms with Gasteiger partial charge >= 0.3 is 12.1 Å². The number of carboxylic acid groups (broad SMARTS) is 1. The first kappa shape index (κ1) is 29.8. The number of carbonyl (C=O) groups excluding carboxylic acids is 1. The van der Waals surface area contributed by atoms with Gasteiger partial charge in [-0.15, -0.1) is 0 Å². The molecule has 0 fully saturated rings. The molecule has 31 heavy (non-hydrogen) atoms. The van der Waals surface area contributed by atoms with Crippen LogP contribution in [0.25, 0.3) is 5.73 Å². The van der Waals surface area contributed by atoms with Crippen LogP contribution in [0.1, 0.15) is 25.7 Å². The predicted octanol–water partition coefficient (Wildman–Crippen LogP) is -1.62. The second-order valence-electron chi connectivity index (χ2n) is 6.74. The molecule has 1 aliphatic heterocycles. The minimum atomic E-state index is -1.63. The molecular formula is C17H31AcN6O7-. The zero-order valence-electron chi connectivity index (χ0n) is 17.1. The van der Waals surface area contributed by atoms with Crippen molar-refractivity contribution in [2.24, 2.45) is 22.2 Å². The van der Waals surface area contributed by atoms with E-state index in [1.54, 1.807) is 0 Å². The standard InChI is InChI=1S/C17H31N6O7.Ac/c18-5-3-1-2-4-6-22-17(28)30-13(10(25)8-24)14-12(19)9(23-16(20)21)7-11(29-14)15(26)27;/h7,9-10,12-14,19,24-25H,1-6,8,18H2,(H,22,28)(H,26,27)(H4,20,21,23);/q-1;. The molecule has 0 aromatic rings. The molecule has 1 radical (unpaired) electrons. The van der Waals surface area contributed by atoms with Gasteiger partial charge in [0, 0.05) is 50.6 Å². The van der Waals surface area contributed by atoms with Gasteiger partial charge in [-0.3, -0.25) is 0 Å². The number of carbonyl (C=O) groups is 2. The molecule has 1 amide bonds. The molecule has 175 valence electrons. The molecule has 1 heterocycles. The van der Waals surface area contributed by atoms with Crippen LogP contribution in [0.4, 0.5) is 4.79 Å². The third-order valence-electron chi connectivity index (χ3n) is 4.35. The van der Waals surface area contributed by atoms with Crippen LogP contribution in [0.2, 0.25) is 0 Å². The minimum Gasteiger partial charge on any atom is -0.670 e. The van der Waals surface area contributed by atoms with Gasteiger partial charge in [-0.1, -0.05) is 18.9 Å². The fourth-order valence-corrected chi connectivity index (χ4v) is 2.84. The van der Waals surface area contributed by atoms with Crippen molar-refractivity contribution >= 4 is 18.0 Å². The summed E-state index contributed by atoms with van der Waals surface area (Å²) in [4.78, 5) is 27.3. The third-order valence-corrected chi connectivity index (χ3v) is 4.35. The fourth-order valence-electron chi connectivity index (χ4n) is 2.84. The number of aliphatic imine (C=N–C) groups is 1. The first-order valence-electron chi connectivity index (χ1n) is 9.56. The van der Waals surface area contributed by atoms with Crippen LogP contribution in [0.15, 0.2) is 16.8 Å². The Morgan fingerprint density at radius 1 is 1.29 bits per heavy atom. The molecule has 5 unspecified atom stereocenters. The van der Waals surface area contributed by atoms with Crippen LogP contribution in [0, 0.1) is 44.1 Å². The van der Waals surface area contributed by atoms with E-state index < -0.39 is 54.8 Å². The number of alkyl carbamates (subject to hydrolysis) is 1. The van der Waals surface area contributed by atoms with Crippen LogP contribution >= 0.6 is 0 Å². The van der Waals surface area contributed by atoms with Gasteiger partial charge < -0.3 is 53.0 Å². The molecular weight excluding hydrogens is 627 g/mol. The maximum absolute atomic E-state index is 12.1. The number of hydrogen-bond donors (Lipinski definition) is 7. The zero-order valence-corrected chi connectivity index (χ0v) is 21.9. The van der Waals surface area contributed by atoms with Crippen LogP contribution in [0.3, 0.4) is 0 Å². The van der Waals surface area contributed by atoms with E-state index in [2.05, 4.69) is 10.3 Å². The van der Waals surface area contributed by atoms with Crippen molar-refractivity contribution in [1.29, 1.82) is 0 Å². The largest absolute Gasteiger partial charge is 0.670 e. The maximum Gasteiger partial charge on any atom is 0.407 e. The Morgan fingerprint density at radius 2 is 1.94 bits per heavy atom. The van der Waals surface area contributed by atoms with E-state index >= 15 is 0 Å². The number of hydrogen-bond acceptors (Lipinski definition) is 8. The summed E-state index contributed by atoms with van der Waals surface area (Å²) < 4.78 is 10.4. The molecule has 0 bridgehead atoms. The monoisotopic (exact) mass is 658 g/mol. The molecule has 0 aromatic heterocycles. The summed E-state index contributed by atoms with van der Waals surface area (Å²) in [5.74, 6) is -2.41. The van der Waals surface area contributed by atoms with Gasteiger partial charge in [-0.25, -0.2) is 14.6 Å². The van der Waals surface area contributed by atoms with E-state index in [4.69, 9.17) is 32.4 Å². The van der Waals surface area contributed by atoms with E-state index in [0.29, 0.717) is 19.5 Å². The van der Waals surface area contributed by atoms with Crippen molar-refractivity contribution in [3.8, 4) is 0 Å². The average Bonchev–Trinajstić information content (AvgIpc) is 2.69. The van der Waals surface area contributed by atoms with Gasteiger partial charge in [-0.2, -0.15) is 0 Å². The van der Waals surface area contributed by atoms with Crippen LogP contribution in [0.5, 0.6) is 0 Å². The summed E-state index contributed by atoms with van der Waals surface area (Å²) in [6.07, 6.45) is -1.16. The molecule has 1 aliphatic rings. The van der Waals surface area contributed by atoms with Gasteiger partial charge in [0.2, 0.25) is 5.76 Å². The molecule has 0 spiro atoms. The number of amides is 1. The summed E-state index contributed by atoms with van der Waals surface area (Å²) in [5.41, 5.74) is 24.4. The van der Waals surface area contributed by atoms with Crippen LogP contribution < -0.4 is 22.5 Å². The Bertz CT molecular complexity index is 632. The van der Waals surface area contributed by atoms with Crippen molar-refractivity contribution in [2.75, 3.05) is 19.7 Å². The van der Waals surface area contributed by atoms with Crippen LogP contribution in [-0.2, 0) is 14.3 Å². The van der Waals surface area contributed by atoms with Gasteiger partial charge in [0.15, 0.2) is 12.1 Å². The van der Waals surface area contributed by atoms with E-state index in [-0.39, 0.29) is 50.0 Å². The molecule has 1 rings (SSSR count). The number of nitrogens with zero attached hydrogens (tertiary/aromatic N) is 1. The van der Waals surface area contributed by atoms with Crippen molar-refractivity contribution in [2.45, 2.75) is 56.1 Å². The predicted molar refractivity (Wildman–Crippen MR) is 107 cm³/mol. The normalized spacial score (nSPS) is 22.1. The first-order chi connectivity index (χ1) is 14.2. The summed E-state index contributed by atoms with van der Waals surface area (Å²) in [5, 5.41) is 31.2. The Labute approximate surface area is 216 Å². The number of unbranched alkanes of at least 4 members (excludes halogenated alkanes) is 3. The van der Waals surface area contributed by atoms with E-state index in [1.807, 2.05) is 0 Å². The summed E-state index contributed by atoms with van der Waals surface area (Å²) in [6.45, 7) is 0.0836. The Hall–Kier alpha value is -1.17. The van der Waals surface area contributed by atoms with E-state index in [9.17, 15) is 24.9 Å². The van der Waals surface area contributed by atoms with Gasteiger partial charge in [0.1, 0.15) is 12.2 Å². The number of aliphatic hydroxyl groups is 2. The Balaban J connectivity index is 0.00000900. The number of guanidine groups is 1. The van der Waals surface area contributed by atoms with Crippen LogP contribution in [-0.4, -0.2) is 83.4 Å². The molecule has 0 aromatic carbocycles. The van der Waals surface area contributed by atoms with Crippen molar-refractivity contribution in [3.05, 3.63) is 17.6 Å². The average molecular weight is 658 g/mol. The second-order valence-corrected chi connectivity index (χ2v) is 6.74. The molecule has 13 nitrogen and oxygen atoms in total. The van der Waals surface area contributed by atoms with Crippen molar-refractivity contribution < 1.29 is 78.4 Å². The molecule has 14 heteroatoms. The van der Waals surface area contributed by atoms with E-state index in [1.165, 1.54) is 0 Å². The maximum atomic E-state index is 12.1. The summed E-state index contributed by atoms with van der Waals surface area (Å²) >= 11 is 0. The quantitative estimate of drug-likeness (QED) is 0.0719. The first-order valence-corrected chi connectivity index (χ1v) is 9.56. The van der Waals surface area contributed by atoms with Gasteiger partial charge in [-0.05, 0) is 25.5 Å². The number of ether oxygens (including phenoxy) is 2. The van der Waals surface area contributed by atoms with Gasteiger partial charge in [0.25, 0.3) is 0 Å². The van der Waals surface area contributed by atoms with Crippen molar-refractivity contribution in [3.63, 3.8) is 0 Å². The summed E-state index contributed by atoms with van der Waals surface area (Å²) in [7, 11) is 0. The molecule has 0 saturated carbocycles. The smallest absolute Gasteiger partial charge is 0.407 e.